The van der Waals surface area contributed by atoms with Crippen molar-refractivity contribution in [1.82, 2.24) is 9.88 Å². The molecule has 20 heavy (non-hydrogen) atoms. The van der Waals surface area contributed by atoms with Crippen LogP contribution >= 0.6 is 11.6 Å². The number of aromatic nitrogens is 1. The summed E-state index contributed by atoms with van der Waals surface area (Å²) >= 11 is 5.92. The summed E-state index contributed by atoms with van der Waals surface area (Å²) in [5.74, 6) is -1.03. The number of aliphatic carboxylic acids is 1. The van der Waals surface area contributed by atoms with Gasteiger partial charge in [0.05, 0.1) is 0 Å². The van der Waals surface area contributed by atoms with Gasteiger partial charge >= 0.3 is 5.97 Å². The van der Waals surface area contributed by atoms with E-state index in [4.69, 9.17) is 16.7 Å². The average molecular weight is 299 g/mol. The minimum absolute atomic E-state index is 0.0514. The molecule has 0 aliphatic heterocycles. The molecule has 0 fully saturated rings. The van der Waals surface area contributed by atoms with Crippen LogP contribution in [0.4, 0.5) is 0 Å². The molecule has 0 radical (unpaired) electrons. The molecular formula is C14H19ClN2O3. The van der Waals surface area contributed by atoms with Gasteiger partial charge in [-0.1, -0.05) is 24.9 Å². The van der Waals surface area contributed by atoms with Crippen LogP contribution in [0.3, 0.4) is 0 Å². The van der Waals surface area contributed by atoms with Crippen LogP contribution in [0, 0.1) is 0 Å². The summed E-state index contributed by atoms with van der Waals surface area (Å²) in [7, 11) is 1.65. The minimum Gasteiger partial charge on any atom is -0.481 e. The highest BCUT2D eigenvalue weighted by molar-refractivity contribution is 6.29. The first-order valence-electron chi connectivity index (χ1n) is 6.57. The lowest BCUT2D eigenvalue weighted by atomic mass is 10.1. The van der Waals surface area contributed by atoms with E-state index in [-0.39, 0.29) is 12.3 Å². The summed E-state index contributed by atoms with van der Waals surface area (Å²) in [6.07, 6.45) is 2.17. The molecule has 0 saturated heterocycles. The normalized spacial score (nSPS) is 10.3. The SMILES string of the molecule is CCCc1cc(C(=O)N(C)CCCC(=O)O)cc(Cl)n1. The first-order valence-corrected chi connectivity index (χ1v) is 6.95. The highest BCUT2D eigenvalue weighted by Gasteiger charge is 2.14. The number of carboxylic acid groups (broad SMARTS) is 1. The van der Waals surface area contributed by atoms with Gasteiger partial charge in [0.1, 0.15) is 5.15 Å². The standard InChI is InChI=1S/C14H19ClN2O3/c1-3-5-11-8-10(9-12(15)16-11)14(20)17(2)7-4-6-13(18)19/h8-9H,3-7H2,1-2H3,(H,18,19). The second-order valence-electron chi connectivity index (χ2n) is 4.64. The van der Waals surface area contributed by atoms with Crippen molar-refractivity contribution >= 4 is 23.5 Å². The molecule has 0 saturated carbocycles. The molecule has 0 atom stereocenters. The van der Waals surface area contributed by atoms with Crippen molar-refractivity contribution in [3.63, 3.8) is 0 Å². The predicted molar refractivity (Wildman–Crippen MR) is 77.1 cm³/mol. The Bertz CT molecular complexity index is 491. The molecular weight excluding hydrogens is 280 g/mol. The number of carbonyl (C=O) groups is 2. The van der Waals surface area contributed by atoms with Gasteiger partial charge < -0.3 is 10.0 Å². The molecule has 0 bridgehead atoms. The number of carboxylic acids is 1. The third-order valence-electron chi connectivity index (χ3n) is 2.83. The number of rotatable bonds is 7. The number of halogens is 1. The molecule has 1 heterocycles. The fourth-order valence-electron chi connectivity index (χ4n) is 1.85. The fourth-order valence-corrected chi connectivity index (χ4v) is 2.07. The van der Waals surface area contributed by atoms with Crippen molar-refractivity contribution in [2.45, 2.75) is 32.6 Å². The van der Waals surface area contributed by atoms with Crippen molar-refractivity contribution in [1.29, 1.82) is 0 Å². The Labute approximate surface area is 123 Å². The molecule has 1 N–H and O–H groups in total. The van der Waals surface area contributed by atoms with Gasteiger partial charge in [0.15, 0.2) is 0 Å². The maximum atomic E-state index is 12.2. The first kappa shape index (κ1) is 16.4. The molecule has 0 unspecified atom stereocenters. The third-order valence-corrected chi connectivity index (χ3v) is 3.02. The van der Waals surface area contributed by atoms with Crippen LogP contribution in [0.25, 0.3) is 0 Å². The largest absolute Gasteiger partial charge is 0.481 e. The molecule has 6 heteroatoms. The number of hydrogen-bond acceptors (Lipinski definition) is 3. The smallest absolute Gasteiger partial charge is 0.303 e. The van der Waals surface area contributed by atoms with Crippen LogP contribution < -0.4 is 0 Å². The number of carbonyl (C=O) groups excluding carboxylic acids is 1. The monoisotopic (exact) mass is 298 g/mol. The molecule has 1 rings (SSSR count). The van der Waals surface area contributed by atoms with Crippen LogP contribution in [0.5, 0.6) is 0 Å². The summed E-state index contributed by atoms with van der Waals surface area (Å²) in [4.78, 5) is 28.3. The molecule has 0 spiro atoms. The van der Waals surface area contributed by atoms with Gasteiger partial charge in [-0.2, -0.15) is 0 Å². The van der Waals surface area contributed by atoms with Gasteiger partial charge in [-0.15, -0.1) is 0 Å². The molecule has 1 aromatic rings. The quantitative estimate of drug-likeness (QED) is 0.786. The van der Waals surface area contributed by atoms with Gasteiger partial charge in [-0.3, -0.25) is 9.59 Å². The summed E-state index contributed by atoms with van der Waals surface area (Å²) < 4.78 is 0. The maximum absolute atomic E-state index is 12.2. The first-order chi connectivity index (χ1) is 9.43. The summed E-state index contributed by atoms with van der Waals surface area (Å²) in [6.45, 7) is 2.43. The number of nitrogens with zero attached hydrogens (tertiary/aromatic N) is 2. The van der Waals surface area contributed by atoms with Crippen LogP contribution in [0.2, 0.25) is 5.15 Å². The highest BCUT2D eigenvalue weighted by atomic mass is 35.5. The van der Waals surface area contributed by atoms with Crippen LogP contribution in [-0.2, 0) is 11.2 Å². The van der Waals surface area contributed by atoms with Crippen molar-refractivity contribution in [3.05, 3.63) is 28.5 Å². The zero-order valence-corrected chi connectivity index (χ0v) is 12.5. The second kappa shape index (κ2) is 7.85. The lowest BCUT2D eigenvalue weighted by molar-refractivity contribution is -0.137. The molecule has 110 valence electrons. The molecule has 5 nitrogen and oxygen atoms in total. The van der Waals surface area contributed by atoms with Crippen molar-refractivity contribution in [2.75, 3.05) is 13.6 Å². The summed E-state index contributed by atoms with van der Waals surface area (Å²) in [5.41, 5.74) is 1.29. The van der Waals surface area contributed by atoms with Gasteiger partial charge in [-0.05, 0) is 25.0 Å². The number of hydrogen-bond donors (Lipinski definition) is 1. The third kappa shape index (κ3) is 5.17. The highest BCUT2D eigenvalue weighted by Crippen LogP contribution is 2.14. The lowest BCUT2D eigenvalue weighted by Crippen LogP contribution is -2.28. The van der Waals surface area contributed by atoms with E-state index in [1.54, 1.807) is 13.1 Å². The molecule has 0 aromatic carbocycles. The van der Waals surface area contributed by atoms with Gasteiger partial charge in [0.25, 0.3) is 5.91 Å². The van der Waals surface area contributed by atoms with E-state index in [1.807, 2.05) is 6.92 Å². The van der Waals surface area contributed by atoms with E-state index in [2.05, 4.69) is 4.98 Å². The zero-order valence-electron chi connectivity index (χ0n) is 11.7. The van der Waals surface area contributed by atoms with E-state index in [0.717, 1.165) is 18.5 Å². The van der Waals surface area contributed by atoms with E-state index < -0.39 is 5.97 Å². The van der Waals surface area contributed by atoms with Gasteiger partial charge in [-0.25, -0.2) is 4.98 Å². The number of pyridine rings is 1. The lowest BCUT2D eigenvalue weighted by Gasteiger charge is -2.17. The van der Waals surface area contributed by atoms with E-state index in [1.165, 1.54) is 11.0 Å². The minimum atomic E-state index is -0.858. The van der Waals surface area contributed by atoms with Crippen LogP contribution in [-0.4, -0.2) is 40.5 Å². The molecule has 0 aliphatic rings. The Morgan fingerprint density at radius 1 is 1.40 bits per heavy atom. The second-order valence-corrected chi connectivity index (χ2v) is 5.03. The van der Waals surface area contributed by atoms with Crippen molar-refractivity contribution in [3.8, 4) is 0 Å². The van der Waals surface area contributed by atoms with Gasteiger partial charge in [0, 0.05) is 31.3 Å². The van der Waals surface area contributed by atoms with Crippen LogP contribution in [0.15, 0.2) is 12.1 Å². The zero-order chi connectivity index (χ0) is 15.1. The Morgan fingerprint density at radius 2 is 2.10 bits per heavy atom. The van der Waals surface area contributed by atoms with Gasteiger partial charge in [0.2, 0.25) is 0 Å². The van der Waals surface area contributed by atoms with Crippen LogP contribution in [0.1, 0.15) is 42.2 Å². The van der Waals surface area contributed by atoms with Crippen molar-refractivity contribution in [2.24, 2.45) is 0 Å². The Kier molecular flexibility index (Phi) is 6.45. The Hall–Kier alpha value is -1.62. The van der Waals surface area contributed by atoms with E-state index in [9.17, 15) is 9.59 Å². The maximum Gasteiger partial charge on any atom is 0.303 e. The van der Waals surface area contributed by atoms with E-state index >= 15 is 0 Å². The topological polar surface area (TPSA) is 70.5 Å². The number of aryl methyl sites for hydroxylation is 1. The number of amides is 1. The Morgan fingerprint density at radius 3 is 2.70 bits per heavy atom. The van der Waals surface area contributed by atoms with Crippen molar-refractivity contribution < 1.29 is 14.7 Å². The predicted octanol–water partition coefficient (Wildman–Crippen LogP) is 2.62. The molecule has 1 amide bonds. The van der Waals surface area contributed by atoms with E-state index in [0.29, 0.717) is 23.7 Å². The molecule has 0 aliphatic carbocycles. The molecule has 1 aromatic heterocycles. The Balaban J connectivity index is 2.72. The summed E-state index contributed by atoms with van der Waals surface area (Å²) in [6, 6.07) is 3.28. The fraction of sp³-hybridized carbons (Fsp3) is 0.500. The average Bonchev–Trinajstić information content (AvgIpc) is 2.37. The summed E-state index contributed by atoms with van der Waals surface area (Å²) in [5, 5.41) is 8.89.